The third-order valence-corrected chi connectivity index (χ3v) is 6.38. The molecule has 152 valence electrons. The minimum absolute atomic E-state index is 0.0756. The summed E-state index contributed by atoms with van der Waals surface area (Å²) in [6.07, 6.45) is 4.60. The molecule has 2 aromatic heterocycles. The van der Waals surface area contributed by atoms with Gasteiger partial charge >= 0.3 is 0 Å². The maximum absolute atomic E-state index is 12.9. The van der Waals surface area contributed by atoms with E-state index in [2.05, 4.69) is 27.1 Å². The molecule has 1 unspecified atom stereocenters. The number of thiazole rings is 1. The van der Waals surface area contributed by atoms with Crippen molar-refractivity contribution in [2.45, 2.75) is 39.7 Å². The largest absolute Gasteiger partial charge is 0.348 e. The summed E-state index contributed by atoms with van der Waals surface area (Å²) in [5, 5.41) is 3.74. The van der Waals surface area contributed by atoms with Crippen LogP contribution in [0, 0.1) is 5.92 Å². The Bertz CT molecular complexity index is 1090. The normalized spacial score (nSPS) is 16.9. The first-order valence-electron chi connectivity index (χ1n) is 10.0. The topological polar surface area (TPSA) is 80.1 Å². The van der Waals surface area contributed by atoms with Gasteiger partial charge < -0.3 is 10.2 Å². The van der Waals surface area contributed by atoms with Gasteiger partial charge in [-0.15, -0.1) is 0 Å². The molecule has 0 radical (unpaired) electrons. The fourth-order valence-electron chi connectivity index (χ4n) is 3.74. The van der Waals surface area contributed by atoms with Gasteiger partial charge in [-0.05, 0) is 36.8 Å². The molecule has 3 heterocycles. The van der Waals surface area contributed by atoms with Crippen LogP contribution in [0.3, 0.4) is 0 Å². The van der Waals surface area contributed by atoms with Gasteiger partial charge in [0.15, 0.2) is 10.8 Å². The summed E-state index contributed by atoms with van der Waals surface area (Å²) in [5.74, 6) is 0.374. The fourth-order valence-corrected chi connectivity index (χ4v) is 4.75. The van der Waals surface area contributed by atoms with Crippen LogP contribution >= 0.6 is 11.3 Å². The lowest BCUT2D eigenvalue weighted by molar-refractivity contribution is -0.116. The molecule has 8 heteroatoms. The molecule has 1 aliphatic rings. The number of hydrogen-bond acceptors (Lipinski definition) is 6. The zero-order valence-electron chi connectivity index (χ0n) is 16.7. The predicted octanol–water partition coefficient (Wildman–Crippen LogP) is 3.29. The maximum Gasteiger partial charge on any atom is 0.273 e. The van der Waals surface area contributed by atoms with Crippen LogP contribution in [0.15, 0.2) is 35.4 Å². The molecule has 1 fully saturated rings. The van der Waals surface area contributed by atoms with E-state index in [1.165, 1.54) is 28.7 Å². The van der Waals surface area contributed by atoms with Crippen molar-refractivity contribution in [3.8, 4) is 0 Å². The van der Waals surface area contributed by atoms with E-state index in [1.807, 2.05) is 31.2 Å². The Labute approximate surface area is 173 Å². The van der Waals surface area contributed by atoms with Crippen molar-refractivity contribution in [2.24, 2.45) is 5.92 Å². The number of piperidine rings is 1. The van der Waals surface area contributed by atoms with E-state index < -0.39 is 0 Å². The standard InChI is InChI=1S/C21H25N5O2S/c1-3-15-8-4-5-9-16(15)23-17(27)12-26-13-22-19-18(20(26)28)29-21(24-19)25-10-6-7-14(2)11-25/h4-5,8-9,13-14H,3,6-7,10-12H2,1-2H3,(H,23,27). The number of rotatable bonds is 5. The first-order chi connectivity index (χ1) is 14.0. The molecular weight excluding hydrogens is 386 g/mol. The number of anilines is 2. The van der Waals surface area contributed by atoms with Gasteiger partial charge in [0.2, 0.25) is 5.91 Å². The zero-order chi connectivity index (χ0) is 20.4. The average Bonchev–Trinajstić information content (AvgIpc) is 3.16. The van der Waals surface area contributed by atoms with Crippen molar-refractivity contribution < 1.29 is 4.79 Å². The second kappa shape index (κ2) is 8.32. The number of aromatic nitrogens is 3. The fraction of sp³-hybridized carbons (Fsp3) is 0.429. The van der Waals surface area contributed by atoms with Crippen LogP contribution in [0.2, 0.25) is 0 Å². The Morgan fingerprint density at radius 3 is 2.97 bits per heavy atom. The number of nitrogens with zero attached hydrogens (tertiary/aromatic N) is 4. The molecule has 4 rings (SSSR count). The minimum atomic E-state index is -0.247. The van der Waals surface area contributed by atoms with Crippen LogP contribution in [0.1, 0.15) is 32.3 Å². The number of benzene rings is 1. The molecule has 3 aromatic rings. The van der Waals surface area contributed by atoms with Crippen molar-refractivity contribution in [1.82, 2.24) is 14.5 Å². The average molecular weight is 412 g/mol. The molecule has 1 aromatic carbocycles. The molecule has 1 aliphatic heterocycles. The van der Waals surface area contributed by atoms with Crippen molar-refractivity contribution in [3.63, 3.8) is 0 Å². The summed E-state index contributed by atoms with van der Waals surface area (Å²) < 4.78 is 1.86. The third-order valence-electron chi connectivity index (χ3n) is 5.29. The maximum atomic E-state index is 12.9. The predicted molar refractivity (Wildman–Crippen MR) is 117 cm³/mol. The van der Waals surface area contributed by atoms with Crippen molar-refractivity contribution in [2.75, 3.05) is 23.3 Å². The molecule has 1 saturated heterocycles. The SMILES string of the molecule is CCc1ccccc1NC(=O)Cn1cnc2nc(N3CCCC(C)C3)sc2c1=O. The number of fused-ring (bicyclic) bond motifs is 1. The Kier molecular flexibility index (Phi) is 5.62. The summed E-state index contributed by atoms with van der Waals surface area (Å²) in [4.78, 5) is 36.5. The number of amides is 1. The molecular formula is C21H25N5O2S. The summed E-state index contributed by atoms with van der Waals surface area (Å²) in [7, 11) is 0. The van der Waals surface area contributed by atoms with Gasteiger partial charge in [-0.3, -0.25) is 14.2 Å². The van der Waals surface area contributed by atoms with Gasteiger partial charge in [0.1, 0.15) is 17.6 Å². The number of para-hydroxylation sites is 1. The summed E-state index contributed by atoms with van der Waals surface area (Å²) in [6.45, 7) is 6.11. The van der Waals surface area contributed by atoms with Crippen molar-refractivity contribution >= 4 is 38.4 Å². The number of aryl methyl sites for hydroxylation is 1. The van der Waals surface area contributed by atoms with Gasteiger partial charge in [0, 0.05) is 18.8 Å². The number of hydrogen-bond donors (Lipinski definition) is 1. The Balaban J connectivity index is 1.54. The highest BCUT2D eigenvalue weighted by atomic mass is 32.1. The summed E-state index contributed by atoms with van der Waals surface area (Å²) >= 11 is 1.37. The van der Waals surface area contributed by atoms with Gasteiger partial charge in [-0.25, -0.2) is 4.98 Å². The minimum Gasteiger partial charge on any atom is -0.348 e. The zero-order valence-corrected chi connectivity index (χ0v) is 17.5. The van der Waals surface area contributed by atoms with Gasteiger partial charge in [0.25, 0.3) is 5.56 Å². The lowest BCUT2D eigenvalue weighted by atomic mass is 10.0. The van der Waals surface area contributed by atoms with E-state index in [1.54, 1.807) is 0 Å². The summed E-state index contributed by atoms with van der Waals surface area (Å²) in [5.41, 5.74) is 2.08. The van der Waals surface area contributed by atoms with Gasteiger partial charge in [-0.1, -0.05) is 43.4 Å². The molecule has 1 N–H and O–H groups in total. The molecule has 0 aliphatic carbocycles. The van der Waals surface area contributed by atoms with Crippen LogP contribution in [0.5, 0.6) is 0 Å². The molecule has 1 atom stereocenters. The van der Waals surface area contributed by atoms with Crippen molar-refractivity contribution in [3.05, 3.63) is 46.5 Å². The second-order valence-corrected chi connectivity index (χ2v) is 8.56. The lowest BCUT2D eigenvalue weighted by Crippen LogP contribution is -2.34. The third kappa shape index (κ3) is 4.17. The highest BCUT2D eigenvalue weighted by molar-refractivity contribution is 7.22. The van der Waals surface area contributed by atoms with E-state index in [0.29, 0.717) is 16.3 Å². The van der Waals surface area contributed by atoms with E-state index in [0.717, 1.165) is 42.3 Å². The van der Waals surface area contributed by atoms with Crippen LogP contribution in [-0.2, 0) is 17.8 Å². The van der Waals surface area contributed by atoms with Gasteiger partial charge in [0.05, 0.1) is 0 Å². The quantitative estimate of drug-likeness (QED) is 0.697. The molecule has 0 spiro atoms. The lowest BCUT2D eigenvalue weighted by Gasteiger charge is -2.30. The first-order valence-corrected chi connectivity index (χ1v) is 10.9. The van der Waals surface area contributed by atoms with Crippen molar-refractivity contribution in [1.29, 1.82) is 0 Å². The van der Waals surface area contributed by atoms with Crippen LogP contribution in [0.4, 0.5) is 10.8 Å². The van der Waals surface area contributed by atoms with E-state index in [-0.39, 0.29) is 18.0 Å². The number of nitrogens with one attached hydrogen (secondary N) is 1. The highest BCUT2D eigenvalue weighted by Gasteiger charge is 2.21. The second-order valence-electron chi connectivity index (χ2n) is 7.58. The van der Waals surface area contributed by atoms with Crippen LogP contribution < -0.4 is 15.8 Å². The monoisotopic (exact) mass is 411 g/mol. The van der Waals surface area contributed by atoms with Gasteiger partial charge in [-0.2, -0.15) is 4.98 Å². The molecule has 1 amide bonds. The number of carbonyl (C=O) groups excluding carboxylic acids is 1. The molecule has 0 saturated carbocycles. The Morgan fingerprint density at radius 2 is 2.17 bits per heavy atom. The Morgan fingerprint density at radius 1 is 1.34 bits per heavy atom. The molecule has 29 heavy (non-hydrogen) atoms. The molecule has 7 nitrogen and oxygen atoms in total. The summed E-state index contributed by atoms with van der Waals surface area (Å²) in [6, 6.07) is 7.68. The van der Waals surface area contributed by atoms with Crippen LogP contribution in [-0.4, -0.2) is 33.5 Å². The number of carbonyl (C=O) groups is 1. The first kappa shape index (κ1) is 19.6. The van der Waals surface area contributed by atoms with E-state index in [9.17, 15) is 9.59 Å². The Hall–Kier alpha value is -2.74. The van der Waals surface area contributed by atoms with E-state index >= 15 is 0 Å². The van der Waals surface area contributed by atoms with Crippen LogP contribution in [0.25, 0.3) is 10.3 Å². The smallest absolute Gasteiger partial charge is 0.273 e. The highest BCUT2D eigenvalue weighted by Crippen LogP contribution is 2.29. The molecule has 0 bridgehead atoms. The van der Waals surface area contributed by atoms with E-state index in [4.69, 9.17) is 0 Å².